The fraction of sp³-hybridized carbons (Fsp3) is 0.211. The number of nitrogens with two attached hydrogens (primary N) is 1. The standard InChI is InChI=1S/C19H14ClF6N2O3P/c1-2-31-32(30,12-6-9(18(21,22)23)5-10(7-12)19(24,25)26)16-13-8-11(20)3-4-14(13)28-15(16)17(27)29/h3-8,28H,2H2,1H3,(H2,27,29). The van der Waals surface area contributed by atoms with Gasteiger partial charge in [-0.1, -0.05) is 11.6 Å². The Balaban J connectivity index is 2.46. The quantitative estimate of drug-likeness (QED) is 0.373. The molecular formula is C19H14ClF6N2O3P. The molecule has 1 amide bonds. The number of rotatable bonds is 5. The van der Waals surface area contributed by atoms with E-state index in [2.05, 4.69) is 4.98 Å². The first-order chi connectivity index (χ1) is 14.7. The van der Waals surface area contributed by atoms with Gasteiger partial charge in [-0.3, -0.25) is 9.36 Å². The summed E-state index contributed by atoms with van der Waals surface area (Å²) >= 11 is 5.96. The molecule has 0 bridgehead atoms. The normalized spacial score (nSPS) is 14.5. The maximum Gasteiger partial charge on any atom is 0.416 e. The highest BCUT2D eigenvalue weighted by molar-refractivity contribution is 7.75. The topological polar surface area (TPSA) is 85.2 Å². The van der Waals surface area contributed by atoms with Crippen molar-refractivity contribution in [2.75, 3.05) is 6.61 Å². The summed E-state index contributed by atoms with van der Waals surface area (Å²) in [5.74, 6) is -1.14. The molecule has 0 saturated carbocycles. The van der Waals surface area contributed by atoms with Crippen LogP contribution in [0.5, 0.6) is 0 Å². The minimum Gasteiger partial charge on any atom is -0.364 e. The predicted molar refractivity (Wildman–Crippen MR) is 107 cm³/mol. The van der Waals surface area contributed by atoms with Crippen molar-refractivity contribution in [1.29, 1.82) is 0 Å². The fourth-order valence-corrected chi connectivity index (χ4v) is 5.85. The molecule has 0 radical (unpaired) electrons. The van der Waals surface area contributed by atoms with Gasteiger partial charge in [0, 0.05) is 21.2 Å². The Hall–Kier alpha value is -2.49. The Labute approximate surface area is 181 Å². The number of carbonyl (C=O) groups excluding carboxylic acids is 1. The third kappa shape index (κ3) is 4.37. The van der Waals surface area contributed by atoms with Gasteiger partial charge in [0.25, 0.3) is 13.3 Å². The summed E-state index contributed by atoms with van der Waals surface area (Å²) in [6, 6.07) is 4.56. The van der Waals surface area contributed by atoms with Crippen molar-refractivity contribution in [1.82, 2.24) is 4.98 Å². The molecule has 1 heterocycles. The zero-order valence-corrected chi connectivity index (χ0v) is 17.7. The average Bonchev–Trinajstić information content (AvgIpc) is 3.06. The number of H-pyrrole nitrogens is 1. The lowest BCUT2D eigenvalue weighted by molar-refractivity contribution is -0.142. The van der Waals surface area contributed by atoms with E-state index in [1.54, 1.807) is 0 Å². The largest absolute Gasteiger partial charge is 0.416 e. The van der Waals surface area contributed by atoms with Crippen LogP contribution in [0.1, 0.15) is 28.5 Å². The molecule has 13 heteroatoms. The number of amides is 1. The van der Waals surface area contributed by atoms with Crippen LogP contribution in [0.2, 0.25) is 5.02 Å². The molecule has 5 nitrogen and oxygen atoms in total. The van der Waals surface area contributed by atoms with E-state index in [1.807, 2.05) is 0 Å². The average molecular weight is 499 g/mol. The first-order valence-corrected chi connectivity index (χ1v) is 10.8. The van der Waals surface area contributed by atoms with E-state index in [1.165, 1.54) is 25.1 Å². The Morgan fingerprint density at radius 3 is 2.09 bits per heavy atom. The van der Waals surface area contributed by atoms with Crippen molar-refractivity contribution >= 4 is 46.4 Å². The molecule has 0 aliphatic heterocycles. The maximum atomic E-state index is 14.1. The van der Waals surface area contributed by atoms with Crippen LogP contribution in [0.25, 0.3) is 10.9 Å². The minimum absolute atomic E-state index is 0.00838. The Kier molecular flexibility index (Phi) is 6.14. The van der Waals surface area contributed by atoms with Crippen LogP contribution < -0.4 is 16.3 Å². The van der Waals surface area contributed by atoms with Crippen LogP contribution in [0.4, 0.5) is 26.3 Å². The fourth-order valence-electron chi connectivity index (χ4n) is 3.19. The first-order valence-electron chi connectivity index (χ1n) is 8.84. The van der Waals surface area contributed by atoms with Crippen LogP contribution in [0, 0.1) is 0 Å². The van der Waals surface area contributed by atoms with Crippen molar-refractivity contribution in [3.05, 3.63) is 58.2 Å². The van der Waals surface area contributed by atoms with Crippen LogP contribution in [-0.2, 0) is 21.4 Å². The second-order valence-electron chi connectivity index (χ2n) is 6.64. The lowest BCUT2D eigenvalue weighted by atomic mass is 10.1. The highest BCUT2D eigenvalue weighted by Gasteiger charge is 2.42. The van der Waals surface area contributed by atoms with Gasteiger partial charge in [0.15, 0.2) is 0 Å². The molecule has 172 valence electrons. The van der Waals surface area contributed by atoms with Crippen LogP contribution >= 0.6 is 19.0 Å². The summed E-state index contributed by atoms with van der Waals surface area (Å²) in [7, 11) is -4.72. The number of aromatic nitrogens is 1. The third-order valence-corrected chi connectivity index (χ3v) is 7.35. The van der Waals surface area contributed by atoms with Gasteiger partial charge in [-0.15, -0.1) is 0 Å². The number of aromatic amines is 1. The molecule has 0 saturated heterocycles. The zero-order chi connectivity index (χ0) is 24.1. The number of hydrogen-bond acceptors (Lipinski definition) is 3. The van der Waals surface area contributed by atoms with Gasteiger partial charge in [0.05, 0.1) is 23.0 Å². The molecule has 3 N–H and O–H groups in total. The maximum absolute atomic E-state index is 14.1. The van der Waals surface area contributed by atoms with Crippen molar-refractivity contribution in [3.63, 3.8) is 0 Å². The van der Waals surface area contributed by atoms with Crippen molar-refractivity contribution in [2.24, 2.45) is 5.73 Å². The second kappa shape index (κ2) is 8.13. The van der Waals surface area contributed by atoms with Crippen molar-refractivity contribution in [2.45, 2.75) is 19.3 Å². The van der Waals surface area contributed by atoms with E-state index in [9.17, 15) is 35.7 Å². The predicted octanol–water partition coefficient (Wildman–Crippen LogP) is 5.22. The van der Waals surface area contributed by atoms with Crippen LogP contribution in [-0.4, -0.2) is 17.5 Å². The van der Waals surface area contributed by atoms with Gasteiger partial charge in [-0.2, -0.15) is 26.3 Å². The molecular weight excluding hydrogens is 485 g/mol. The molecule has 32 heavy (non-hydrogen) atoms. The number of carbonyl (C=O) groups is 1. The zero-order valence-electron chi connectivity index (χ0n) is 16.1. The number of halogens is 7. The molecule has 1 unspecified atom stereocenters. The van der Waals surface area contributed by atoms with Crippen molar-refractivity contribution < 1.29 is 40.2 Å². The Morgan fingerprint density at radius 1 is 1.06 bits per heavy atom. The van der Waals surface area contributed by atoms with Crippen LogP contribution in [0.3, 0.4) is 0 Å². The Bertz CT molecular complexity index is 1220. The van der Waals surface area contributed by atoms with E-state index in [-0.39, 0.29) is 28.6 Å². The second-order valence-corrected chi connectivity index (χ2v) is 9.40. The summed E-state index contributed by atoms with van der Waals surface area (Å²) < 4.78 is 99.6. The smallest absolute Gasteiger partial charge is 0.364 e. The van der Waals surface area contributed by atoms with Gasteiger partial charge in [0.1, 0.15) is 5.69 Å². The van der Waals surface area contributed by atoms with Gasteiger partial charge in [0.2, 0.25) is 0 Å². The van der Waals surface area contributed by atoms with E-state index >= 15 is 0 Å². The SMILES string of the molecule is CCOP(=O)(c1cc(C(F)(F)F)cc(C(F)(F)F)c1)c1c(C(N)=O)[nH]c2ccc(Cl)cc12. The van der Waals surface area contributed by atoms with E-state index in [4.69, 9.17) is 21.9 Å². The van der Waals surface area contributed by atoms with Gasteiger partial charge >= 0.3 is 12.4 Å². The highest BCUT2D eigenvalue weighted by atomic mass is 35.5. The summed E-state index contributed by atoms with van der Waals surface area (Å²) in [5, 5.41) is -1.24. The molecule has 0 spiro atoms. The number of nitrogens with one attached hydrogen (secondary N) is 1. The molecule has 0 fully saturated rings. The molecule has 3 rings (SSSR count). The summed E-state index contributed by atoms with van der Waals surface area (Å²) in [6.07, 6.45) is -10.4. The number of benzene rings is 2. The summed E-state index contributed by atoms with van der Waals surface area (Å²) in [6.45, 7) is 0.983. The van der Waals surface area contributed by atoms with E-state index in [0.717, 1.165) is 0 Å². The van der Waals surface area contributed by atoms with E-state index < -0.39 is 53.1 Å². The molecule has 1 atom stereocenters. The van der Waals surface area contributed by atoms with Gasteiger partial charge in [-0.05, 0) is 43.3 Å². The van der Waals surface area contributed by atoms with E-state index in [0.29, 0.717) is 12.1 Å². The third-order valence-electron chi connectivity index (χ3n) is 4.50. The number of fused-ring (bicyclic) bond motifs is 1. The summed E-state index contributed by atoms with van der Waals surface area (Å²) in [4.78, 5) is 14.6. The lowest BCUT2D eigenvalue weighted by Gasteiger charge is -2.22. The monoisotopic (exact) mass is 498 g/mol. The Morgan fingerprint density at radius 2 is 1.62 bits per heavy atom. The number of alkyl halides is 6. The first kappa shape index (κ1) is 24.2. The highest BCUT2D eigenvalue weighted by Crippen LogP contribution is 2.49. The number of hydrogen-bond donors (Lipinski definition) is 2. The number of primary amides is 1. The molecule has 1 aromatic heterocycles. The molecule has 0 aliphatic rings. The molecule has 2 aromatic carbocycles. The van der Waals surface area contributed by atoms with Crippen LogP contribution in [0.15, 0.2) is 36.4 Å². The molecule has 0 aliphatic carbocycles. The van der Waals surface area contributed by atoms with Crippen molar-refractivity contribution in [3.8, 4) is 0 Å². The van der Waals surface area contributed by atoms with Gasteiger partial charge in [-0.25, -0.2) is 0 Å². The summed E-state index contributed by atoms with van der Waals surface area (Å²) in [5.41, 5.74) is 1.69. The lowest BCUT2D eigenvalue weighted by Crippen LogP contribution is -2.28. The van der Waals surface area contributed by atoms with Gasteiger partial charge < -0.3 is 15.2 Å². The molecule has 3 aromatic rings. The minimum atomic E-state index is -5.18.